The number of cyclic esters (lactones) is 1. The van der Waals surface area contributed by atoms with Crippen molar-refractivity contribution in [1.82, 2.24) is 4.90 Å². The molecule has 1 amide bonds. The van der Waals surface area contributed by atoms with E-state index in [0.717, 1.165) is 25.7 Å². The summed E-state index contributed by atoms with van der Waals surface area (Å²) in [6, 6.07) is 0.260. The van der Waals surface area contributed by atoms with Gasteiger partial charge in [0.05, 0.1) is 0 Å². The van der Waals surface area contributed by atoms with E-state index in [1.165, 1.54) is 6.42 Å². The fraction of sp³-hybridized carbons (Fsp3) is 0.818. The van der Waals surface area contributed by atoms with Crippen LogP contribution in [0.3, 0.4) is 0 Å². The first-order chi connectivity index (χ1) is 7.68. The van der Waals surface area contributed by atoms with Gasteiger partial charge in [0.2, 0.25) is 6.10 Å². The van der Waals surface area contributed by atoms with Gasteiger partial charge in [0, 0.05) is 19.0 Å². The molecule has 0 aromatic carbocycles. The van der Waals surface area contributed by atoms with E-state index < -0.39 is 18.2 Å². The summed E-state index contributed by atoms with van der Waals surface area (Å²) in [6.07, 6.45) is 4.57. The van der Waals surface area contributed by atoms with Crippen LogP contribution >= 0.6 is 0 Å². The Morgan fingerprint density at radius 3 is 2.50 bits per heavy atom. The second kappa shape index (κ2) is 4.72. The number of carbonyl (C=O) groups is 2. The molecule has 1 heterocycles. The lowest BCUT2D eigenvalue weighted by Gasteiger charge is -2.37. The summed E-state index contributed by atoms with van der Waals surface area (Å²) < 4.78 is 4.90. The van der Waals surface area contributed by atoms with Crippen LogP contribution in [0.1, 0.15) is 38.5 Å². The quantitative estimate of drug-likeness (QED) is 0.778. The minimum absolute atomic E-state index is 0.260. The zero-order valence-electron chi connectivity index (χ0n) is 9.22. The lowest BCUT2D eigenvalue weighted by Crippen LogP contribution is -2.49. The van der Waals surface area contributed by atoms with Crippen LogP contribution in [-0.2, 0) is 9.53 Å². The largest absolute Gasteiger partial charge is 0.479 e. The summed E-state index contributed by atoms with van der Waals surface area (Å²) in [6.45, 7) is 0.514. The molecule has 1 aliphatic heterocycles. The number of amides is 1. The molecule has 1 saturated carbocycles. The highest BCUT2D eigenvalue weighted by Crippen LogP contribution is 2.25. The molecule has 5 nitrogen and oxygen atoms in total. The van der Waals surface area contributed by atoms with E-state index in [1.807, 2.05) is 0 Å². The Balaban J connectivity index is 1.93. The minimum atomic E-state index is -1.04. The molecular weight excluding hydrogens is 210 g/mol. The Morgan fingerprint density at radius 2 is 1.94 bits per heavy atom. The average molecular weight is 227 g/mol. The van der Waals surface area contributed by atoms with Crippen molar-refractivity contribution in [3.05, 3.63) is 0 Å². The fourth-order valence-corrected chi connectivity index (χ4v) is 2.49. The normalized spacial score (nSPS) is 27.6. The average Bonchev–Trinajstić information content (AvgIpc) is 2.30. The number of carbonyl (C=O) groups excluding carboxylic acids is 1. The number of nitrogens with zero attached hydrogens (tertiary/aromatic N) is 1. The summed E-state index contributed by atoms with van der Waals surface area (Å²) in [5.41, 5.74) is 0. The summed E-state index contributed by atoms with van der Waals surface area (Å²) in [4.78, 5) is 24.0. The summed E-state index contributed by atoms with van der Waals surface area (Å²) in [5, 5.41) is 8.76. The van der Waals surface area contributed by atoms with Gasteiger partial charge in [0.15, 0.2) is 0 Å². The SMILES string of the molecule is O=C(O)C1CCN(C2CCCCC2)C(=O)O1. The van der Waals surface area contributed by atoms with Crippen molar-refractivity contribution < 1.29 is 19.4 Å². The Bertz CT molecular complexity index is 286. The third-order valence-corrected chi connectivity index (χ3v) is 3.40. The van der Waals surface area contributed by atoms with Crippen LogP contribution in [0, 0.1) is 0 Å². The molecule has 5 heteroatoms. The molecule has 0 aromatic rings. The van der Waals surface area contributed by atoms with Gasteiger partial charge < -0.3 is 14.7 Å². The number of carboxylic acids is 1. The number of hydrogen-bond acceptors (Lipinski definition) is 3. The van der Waals surface area contributed by atoms with Crippen LogP contribution in [0.4, 0.5) is 4.79 Å². The lowest BCUT2D eigenvalue weighted by molar-refractivity contribution is -0.150. The van der Waals surface area contributed by atoms with E-state index in [9.17, 15) is 9.59 Å². The topological polar surface area (TPSA) is 66.8 Å². The zero-order chi connectivity index (χ0) is 11.5. The maximum atomic E-state index is 11.6. The van der Waals surface area contributed by atoms with Gasteiger partial charge in [0.25, 0.3) is 0 Å². The van der Waals surface area contributed by atoms with E-state index in [1.54, 1.807) is 4.90 Å². The van der Waals surface area contributed by atoms with Crippen LogP contribution in [0.5, 0.6) is 0 Å². The van der Waals surface area contributed by atoms with Gasteiger partial charge in [-0.2, -0.15) is 0 Å². The number of rotatable bonds is 2. The third kappa shape index (κ3) is 2.28. The second-order valence-corrected chi connectivity index (χ2v) is 4.48. The smallest absolute Gasteiger partial charge is 0.410 e. The predicted octanol–water partition coefficient (Wildman–Crippen LogP) is 1.61. The molecule has 16 heavy (non-hydrogen) atoms. The van der Waals surface area contributed by atoms with Gasteiger partial charge in [-0.15, -0.1) is 0 Å². The first-order valence-electron chi connectivity index (χ1n) is 5.88. The number of ether oxygens (including phenoxy) is 1. The number of carboxylic acid groups (broad SMARTS) is 1. The molecule has 0 bridgehead atoms. The van der Waals surface area contributed by atoms with E-state index in [0.29, 0.717) is 13.0 Å². The maximum absolute atomic E-state index is 11.6. The summed E-state index contributed by atoms with van der Waals surface area (Å²) in [5.74, 6) is -1.04. The molecule has 1 N–H and O–H groups in total. The first-order valence-corrected chi connectivity index (χ1v) is 5.88. The third-order valence-electron chi connectivity index (χ3n) is 3.40. The van der Waals surface area contributed by atoms with Crippen LogP contribution in [-0.4, -0.2) is 40.8 Å². The molecule has 0 spiro atoms. The van der Waals surface area contributed by atoms with Gasteiger partial charge in [-0.1, -0.05) is 19.3 Å². The van der Waals surface area contributed by atoms with Gasteiger partial charge in [-0.05, 0) is 12.8 Å². The summed E-state index contributed by atoms with van der Waals surface area (Å²) >= 11 is 0. The second-order valence-electron chi connectivity index (χ2n) is 4.48. The molecular formula is C11H17NO4. The van der Waals surface area contributed by atoms with E-state index in [2.05, 4.69) is 0 Å². The highest BCUT2D eigenvalue weighted by molar-refractivity contribution is 5.78. The van der Waals surface area contributed by atoms with Crippen molar-refractivity contribution in [2.45, 2.75) is 50.7 Å². The lowest BCUT2D eigenvalue weighted by atomic mass is 9.94. The number of aliphatic carboxylic acids is 1. The molecule has 2 aliphatic rings. The molecule has 2 rings (SSSR count). The molecule has 1 saturated heterocycles. The minimum Gasteiger partial charge on any atom is -0.479 e. The molecule has 1 aliphatic carbocycles. The van der Waals surface area contributed by atoms with E-state index in [-0.39, 0.29) is 6.04 Å². The monoisotopic (exact) mass is 227 g/mol. The van der Waals surface area contributed by atoms with Gasteiger partial charge in [-0.3, -0.25) is 0 Å². The molecule has 2 fully saturated rings. The van der Waals surface area contributed by atoms with Crippen LogP contribution < -0.4 is 0 Å². The maximum Gasteiger partial charge on any atom is 0.410 e. The summed E-state index contributed by atoms with van der Waals surface area (Å²) in [7, 11) is 0. The molecule has 1 unspecified atom stereocenters. The van der Waals surface area contributed by atoms with E-state index in [4.69, 9.17) is 9.84 Å². The van der Waals surface area contributed by atoms with Crippen LogP contribution in [0.25, 0.3) is 0 Å². The highest BCUT2D eigenvalue weighted by Gasteiger charge is 2.35. The van der Waals surface area contributed by atoms with Crippen molar-refractivity contribution in [2.75, 3.05) is 6.54 Å². The molecule has 1 atom stereocenters. The van der Waals surface area contributed by atoms with Crippen molar-refractivity contribution in [3.8, 4) is 0 Å². The van der Waals surface area contributed by atoms with Crippen molar-refractivity contribution >= 4 is 12.1 Å². The zero-order valence-corrected chi connectivity index (χ0v) is 9.22. The van der Waals surface area contributed by atoms with Gasteiger partial charge in [0.1, 0.15) is 0 Å². The van der Waals surface area contributed by atoms with E-state index >= 15 is 0 Å². The predicted molar refractivity (Wildman–Crippen MR) is 56.1 cm³/mol. The van der Waals surface area contributed by atoms with Crippen molar-refractivity contribution in [3.63, 3.8) is 0 Å². The van der Waals surface area contributed by atoms with Crippen LogP contribution in [0.2, 0.25) is 0 Å². The Kier molecular flexibility index (Phi) is 3.31. The van der Waals surface area contributed by atoms with Crippen molar-refractivity contribution in [1.29, 1.82) is 0 Å². The molecule has 0 radical (unpaired) electrons. The Labute approximate surface area is 94.4 Å². The first kappa shape index (κ1) is 11.2. The standard InChI is InChI=1S/C11H17NO4/c13-10(14)9-6-7-12(11(15)16-9)8-4-2-1-3-5-8/h8-9H,1-7H2,(H,13,14). The fourth-order valence-electron chi connectivity index (χ4n) is 2.49. The van der Waals surface area contributed by atoms with Crippen LogP contribution in [0.15, 0.2) is 0 Å². The molecule has 0 aromatic heterocycles. The molecule has 90 valence electrons. The number of hydrogen-bond donors (Lipinski definition) is 1. The highest BCUT2D eigenvalue weighted by atomic mass is 16.6. The Hall–Kier alpha value is -1.26. The van der Waals surface area contributed by atoms with Gasteiger partial charge in [-0.25, -0.2) is 9.59 Å². The van der Waals surface area contributed by atoms with Gasteiger partial charge >= 0.3 is 12.1 Å². The van der Waals surface area contributed by atoms with Crippen molar-refractivity contribution in [2.24, 2.45) is 0 Å². The Morgan fingerprint density at radius 1 is 1.25 bits per heavy atom.